The summed E-state index contributed by atoms with van der Waals surface area (Å²) < 4.78 is 2.53. The van der Waals surface area contributed by atoms with Crippen LogP contribution in [0, 0.1) is 0 Å². The van der Waals surface area contributed by atoms with E-state index in [4.69, 9.17) is 0 Å². The van der Waals surface area contributed by atoms with Crippen molar-refractivity contribution in [3.63, 3.8) is 0 Å². The summed E-state index contributed by atoms with van der Waals surface area (Å²) in [7, 11) is 0. The molecule has 2 nitrogen and oxygen atoms in total. The van der Waals surface area contributed by atoms with Gasteiger partial charge in [0.2, 0.25) is 5.69 Å². The number of nitrogens with zero attached hydrogens (tertiary/aromatic N) is 2. The van der Waals surface area contributed by atoms with Crippen LogP contribution in [0.1, 0.15) is 78.4 Å². The van der Waals surface area contributed by atoms with Crippen molar-refractivity contribution in [3.05, 3.63) is 95.7 Å². The van der Waals surface area contributed by atoms with E-state index in [2.05, 4.69) is 130 Å². The lowest BCUT2D eigenvalue weighted by Gasteiger charge is -2.27. The minimum atomic E-state index is 0. The third kappa shape index (κ3) is 5.11. The maximum atomic E-state index is 2.53. The molecule has 3 heteroatoms. The van der Waals surface area contributed by atoms with Crippen LogP contribution in [0.4, 0.5) is 11.4 Å². The maximum Gasteiger partial charge on any atom is 0.209 e. The van der Waals surface area contributed by atoms with Crippen molar-refractivity contribution in [1.82, 2.24) is 0 Å². The minimum Gasteiger partial charge on any atom is -1.00 e. The summed E-state index contributed by atoms with van der Waals surface area (Å²) >= 11 is 0. The van der Waals surface area contributed by atoms with E-state index in [0.29, 0.717) is 0 Å². The van der Waals surface area contributed by atoms with Crippen molar-refractivity contribution in [1.29, 1.82) is 0 Å². The van der Waals surface area contributed by atoms with Gasteiger partial charge < -0.3 is 17.3 Å². The lowest BCUT2D eigenvalue weighted by atomic mass is 9.81. The molecule has 2 aliphatic heterocycles. The lowest BCUT2D eigenvalue weighted by molar-refractivity contribution is -0.438. The van der Waals surface area contributed by atoms with E-state index in [1.807, 2.05) is 0 Å². The fourth-order valence-electron chi connectivity index (χ4n) is 5.75. The van der Waals surface area contributed by atoms with Gasteiger partial charge in [0, 0.05) is 47.5 Å². The van der Waals surface area contributed by atoms with E-state index in [1.54, 1.807) is 0 Å². The molecule has 0 unspecified atom stereocenters. The van der Waals surface area contributed by atoms with Gasteiger partial charge in [0.05, 0.1) is 5.41 Å². The Hall–Kier alpha value is -2.58. The van der Waals surface area contributed by atoms with E-state index in [1.165, 1.54) is 59.6 Å². The third-order valence-electron chi connectivity index (χ3n) is 7.80. The molecular formula is C33H43ClN2. The zero-order chi connectivity index (χ0) is 25.1. The van der Waals surface area contributed by atoms with Crippen molar-refractivity contribution in [2.24, 2.45) is 0 Å². The number of benzene rings is 2. The molecule has 2 aliphatic rings. The number of unbranched alkanes of at least 4 members (excludes halogenated alkanes) is 2. The molecule has 2 heterocycles. The van der Waals surface area contributed by atoms with Crippen LogP contribution >= 0.6 is 0 Å². The number of hydrogen-bond acceptors (Lipinski definition) is 1. The number of allylic oxidation sites excluding steroid dienone is 6. The SMILES string of the molecule is CCCCN1/C(=C/C=C/C=C/C2=[N+](CCCC)c3ccccc3C2(C)C)C(C)(C)c2ccccc21.[Cl-]. The highest BCUT2D eigenvalue weighted by atomic mass is 35.5. The topological polar surface area (TPSA) is 6.25 Å². The highest BCUT2D eigenvalue weighted by Gasteiger charge is 2.43. The minimum absolute atomic E-state index is 0. The molecule has 0 bridgehead atoms. The molecule has 0 N–H and O–H groups in total. The summed E-state index contributed by atoms with van der Waals surface area (Å²) in [6, 6.07) is 17.8. The quantitative estimate of drug-likeness (QED) is 0.326. The molecule has 0 saturated heterocycles. The molecule has 4 rings (SSSR count). The summed E-state index contributed by atoms with van der Waals surface area (Å²) in [5.41, 5.74) is 8.41. The first-order valence-corrected chi connectivity index (χ1v) is 13.5. The molecule has 2 aromatic rings. The van der Waals surface area contributed by atoms with Gasteiger partial charge in [0.15, 0.2) is 5.71 Å². The van der Waals surface area contributed by atoms with Crippen LogP contribution in [0.5, 0.6) is 0 Å². The molecule has 0 amide bonds. The molecule has 0 radical (unpaired) electrons. The van der Waals surface area contributed by atoms with Crippen molar-refractivity contribution < 1.29 is 17.0 Å². The summed E-state index contributed by atoms with van der Waals surface area (Å²) in [5.74, 6) is 0. The zero-order valence-corrected chi connectivity index (χ0v) is 23.8. The molecule has 0 aromatic heterocycles. The monoisotopic (exact) mass is 502 g/mol. The maximum absolute atomic E-state index is 2.53. The molecule has 2 aromatic carbocycles. The molecule has 0 aliphatic carbocycles. The first-order valence-electron chi connectivity index (χ1n) is 13.5. The van der Waals surface area contributed by atoms with Crippen molar-refractivity contribution in [3.8, 4) is 0 Å². The first-order chi connectivity index (χ1) is 16.8. The van der Waals surface area contributed by atoms with Crippen molar-refractivity contribution in [2.75, 3.05) is 18.0 Å². The van der Waals surface area contributed by atoms with Gasteiger partial charge in [-0.25, -0.2) is 0 Å². The van der Waals surface area contributed by atoms with Crippen molar-refractivity contribution >= 4 is 17.1 Å². The van der Waals surface area contributed by atoms with Gasteiger partial charge in [-0.05, 0) is 38.0 Å². The van der Waals surface area contributed by atoms with Crippen LogP contribution < -0.4 is 17.3 Å². The fourth-order valence-corrected chi connectivity index (χ4v) is 5.75. The zero-order valence-electron chi connectivity index (χ0n) is 23.0. The molecule has 0 atom stereocenters. The van der Waals surface area contributed by atoms with E-state index in [9.17, 15) is 0 Å². The Morgan fingerprint density at radius 2 is 1.44 bits per heavy atom. The van der Waals surface area contributed by atoms with E-state index in [0.717, 1.165) is 13.1 Å². The molecular weight excluding hydrogens is 460 g/mol. The normalized spacial score (nSPS) is 18.8. The van der Waals surface area contributed by atoms with Crippen LogP contribution in [-0.2, 0) is 10.8 Å². The molecule has 0 spiro atoms. The van der Waals surface area contributed by atoms with Gasteiger partial charge in [0.1, 0.15) is 6.54 Å². The molecule has 36 heavy (non-hydrogen) atoms. The van der Waals surface area contributed by atoms with E-state index >= 15 is 0 Å². The number of rotatable bonds is 9. The van der Waals surface area contributed by atoms with Gasteiger partial charge in [-0.15, -0.1) is 0 Å². The Kier molecular flexibility index (Phi) is 9.06. The summed E-state index contributed by atoms with van der Waals surface area (Å²) in [6.45, 7) is 16.1. The Balaban J connectivity index is 0.00000361. The first kappa shape index (κ1) is 28.0. The average molecular weight is 503 g/mol. The highest BCUT2D eigenvalue weighted by molar-refractivity contribution is 6.03. The van der Waals surface area contributed by atoms with Crippen LogP contribution in [0.25, 0.3) is 0 Å². The number of para-hydroxylation sites is 2. The predicted molar refractivity (Wildman–Crippen MR) is 152 cm³/mol. The second-order valence-corrected chi connectivity index (χ2v) is 11.0. The molecule has 192 valence electrons. The van der Waals surface area contributed by atoms with E-state index in [-0.39, 0.29) is 23.2 Å². The largest absolute Gasteiger partial charge is 1.00 e. The van der Waals surface area contributed by atoms with E-state index < -0.39 is 0 Å². The molecule has 0 fully saturated rings. The van der Waals surface area contributed by atoms with Gasteiger partial charge in [-0.3, -0.25) is 0 Å². The fraction of sp³-hybridized carbons (Fsp3) is 0.424. The number of hydrogen-bond donors (Lipinski definition) is 0. The predicted octanol–water partition coefficient (Wildman–Crippen LogP) is 5.46. The smallest absolute Gasteiger partial charge is 0.209 e. The van der Waals surface area contributed by atoms with Crippen LogP contribution in [0.2, 0.25) is 0 Å². The van der Waals surface area contributed by atoms with Gasteiger partial charge in [-0.1, -0.05) is 95.2 Å². The van der Waals surface area contributed by atoms with Crippen LogP contribution in [0.3, 0.4) is 0 Å². The lowest BCUT2D eigenvalue weighted by Crippen LogP contribution is -3.00. The number of halogens is 1. The second kappa shape index (κ2) is 11.6. The standard InChI is InChI=1S/C33H43N2.ClH/c1-7-9-24-34-28-20-16-14-18-26(28)32(3,4)30(34)22-12-11-13-23-31-33(5,6)27-19-15-17-21-29(27)35(31)25-10-8-2;/h11-23H,7-10,24-25H2,1-6H3;1H/q+1;/p-1. The van der Waals surface area contributed by atoms with Crippen LogP contribution in [0.15, 0.2) is 84.6 Å². The third-order valence-corrected chi connectivity index (χ3v) is 7.80. The summed E-state index contributed by atoms with van der Waals surface area (Å²) in [4.78, 5) is 2.53. The Labute approximate surface area is 225 Å². The van der Waals surface area contributed by atoms with Crippen molar-refractivity contribution in [2.45, 2.75) is 78.1 Å². The second-order valence-electron chi connectivity index (χ2n) is 11.0. The summed E-state index contributed by atoms with van der Waals surface area (Å²) in [5, 5.41) is 0. The molecule has 0 saturated carbocycles. The Morgan fingerprint density at radius 3 is 2.17 bits per heavy atom. The van der Waals surface area contributed by atoms with Crippen LogP contribution in [-0.4, -0.2) is 23.4 Å². The number of fused-ring (bicyclic) bond motifs is 2. The Bertz CT molecular complexity index is 1180. The van der Waals surface area contributed by atoms with Gasteiger partial charge >= 0.3 is 0 Å². The van der Waals surface area contributed by atoms with Gasteiger partial charge in [-0.2, -0.15) is 4.58 Å². The summed E-state index contributed by atoms with van der Waals surface area (Å²) in [6.07, 6.45) is 16.1. The number of anilines is 1. The Morgan fingerprint density at radius 1 is 0.778 bits per heavy atom. The highest BCUT2D eigenvalue weighted by Crippen LogP contribution is 2.47. The average Bonchev–Trinajstić information content (AvgIpc) is 3.20. The van der Waals surface area contributed by atoms with Gasteiger partial charge in [0.25, 0.3) is 0 Å².